The Morgan fingerprint density at radius 1 is 1.00 bits per heavy atom. The summed E-state index contributed by atoms with van der Waals surface area (Å²) in [5.74, 6) is -0.0473. The van der Waals surface area contributed by atoms with Crippen molar-refractivity contribution in [2.75, 3.05) is 4.90 Å². The van der Waals surface area contributed by atoms with E-state index in [9.17, 15) is 9.59 Å². The van der Waals surface area contributed by atoms with Crippen LogP contribution in [-0.2, 0) is 11.3 Å². The molecule has 4 nitrogen and oxygen atoms in total. The monoisotopic (exact) mass is 290 g/mol. The first-order valence-corrected chi connectivity index (χ1v) is 7.10. The summed E-state index contributed by atoms with van der Waals surface area (Å²) < 4.78 is 0. The third-order valence-corrected chi connectivity index (χ3v) is 3.79. The lowest BCUT2D eigenvalue weighted by Crippen LogP contribution is -2.29. The fourth-order valence-electron chi connectivity index (χ4n) is 2.61. The second-order valence-corrected chi connectivity index (χ2v) is 5.23. The summed E-state index contributed by atoms with van der Waals surface area (Å²) in [7, 11) is 0. The maximum Gasteiger partial charge on any atom is 0.227 e. The molecule has 0 atom stereocenters. The average Bonchev–Trinajstić information content (AvgIpc) is 2.68. The molecule has 0 aromatic heterocycles. The van der Waals surface area contributed by atoms with E-state index in [2.05, 4.69) is 6.07 Å². The number of benzene rings is 2. The molecule has 0 unspecified atom stereocenters. The van der Waals surface area contributed by atoms with Crippen LogP contribution in [0.2, 0.25) is 0 Å². The van der Waals surface area contributed by atoms with E-state index in [1.165, 1.54) is 0 Å². The van der Waals surface area contributed by atoms with Crippen LogP contribution in [0.25, 0.3) is 0 Å². The van der Waals surface area contributed by atoms with E-state index in [1.807, 2.05) is 24.3 Å². The third kappa shape index (κ3) is 2.61. The summed E-state index contributed by atoms with van der Waals surface area (Å²) in [5, 5.41) is 8.84. The minimum absolute atomic E-state index is 0.00581. The molecule has 0 saturated heterocycles. The van der Waals surface area contributed by atoms with Crippen molar-refractivity contribution in [3.05, 3.63) is 65.2 Å². The molecule has 0 saturated carbocycles. The van der Waals surface area contributed by atoms with Gasteiger partial charge in [0.1, 0.15) is 0 Å². The number of carbonyl (C=O) groups excluding carboxylic acids is 2. The Balaban J connectivity index is 1.97. The van der Waals surface area contributed by atoms with Gasteiger partial charge in [-0.3, -0.25) is 9.59 Å². The number of para-hydroxylation sites is 1. The number of ketones is 1. The van der Waals surface area contributed by atoms with Gasteiger partial charge < -0.3 is 4.90 Å². The number of nitriles is 1. The van der Waals surface area contributed by atoms with Crippen molar-refractivity contribution in [3.63, 3.8) is 0 Å². The molecule has 0 N–H and O–H groups in total. The SMILES string of the molecule is N#Cc1ccc(CN2C(=O)CCC(=O)c3ccccc32)cc1. The normalized spacial score (nSPS) is 14.2. The van der Waals surface area contributed by atoms with E-state index in [-0.39, 0.29) is 24.5 Å². The van der Waals surface area contributed by atoms with Crippen LogP contribution < -0.4 is 4.90 Å². The van der Waals surface area contributed by atoms with E-state index < -0.39 is 0 Å². The molecule has 2 aromatic carbocycles. The van der Waals surface area contributed by atoms with E-state index in [1.54, 1.807) is 29.2 Å². The molecule has 1 aliphatic rings. The van der Waals surface area contributed by atoms with E-state index in [0.29, 0.717) is 23.4 Å². The van der Waals surface area contributed by atoms with Crippen molar-refractivity contribution in [3.8, 4) is 6.07 Å². The third-order valence-electron chi connectivity index (χ3n) is 3.79. The number of amides is 1. The molecule has 1 aliphatic heterocycles. The number of anilines is 1. The molecule has 4 heteroatoms. The minimum atomic E-state index is -0.0531. The van der Waals surface area contributed by atoms with Crippen molar-refractivity contribution in [2.24, 2.45) is 0 Å². The van der Waals surface area contributed by atoms with Crippen LogP contribution in [0.3, 0.4) is 0 Å². The molecule has 1 amide bonds. The zero-order valence-electron chi connectivity index (χ0n) is 12.0. The van der Waals surface area contributed by atoms with Gasteiger partial charge in [0.15, 0.2) is 5.78 Å². The first kappa shape index (κ1) is 14.0. The highest BCUT2D eigenvalue weighted by molar-refractivity contribution is 6.09. The van der Waals surface area contributed by atoms with Gasteiger partial charge in [0, 0.05) is 18.4 Å². The number of hydrogen-bond donors (Lipinski definition) is 0. The first-order chi connectivity index (χ1) is 10.7. The molecule has 3 rings (SSSR count). The Morgan fingerprint density at radius 2 is 1.73 bits per heavy atom. The second-order valence-electron chi connectivity index (χ2n) is 5.23. The van der Waals surface area contributed by atoms with Crippen LogP contribution in [0.1, 0.15) is 34.3 Å². The predicted octanol–water partition coefficient (Wildman–Crippen LogP) is 3.07. The van der Waals surface area contributed by atoms with E-state index >= 15 is 0 Å². The van der Waals surface area contributed by atoms with Crippen molar-refractivity contribution in [1.82, 2.24) is 0 Å². The molecule has 108 valence electrons. The molecule has 0 spiro atoms. The Morgan fingerprint density at radius 3 is 2.45 bits per heavy atom. The maximum atomic E-state index is 12.4. The van der Waals surface area contributed by atoms with Gasteiger partial charge >= 0.3 is 0 Å². The highest BCUT2D eigenvalue weighted by Crippen LogP contribution is 2.28. The molecule has 2 aromatic rings. The summed E-state index contributed by atoms with van der Waals surface area (Å²) in [4.78, 5) is 26.1. The van der Waals surface area contributed by atoms with Crippen LogP contribution in [0.15, 0.2) is 48.5 Å². The molecule has 22 heavy (non-hydrogen) atoms. The lowest BCUT2D eigenvalue weighted by Gasteiger charge is -2.22. The fourth-order valence-corrected chi connectivity index (χ4v) is 2.61. The number of Topliss-reactive ketones (excluding diaryl/α,β-unsaturated/α-hetero) is 1. The van der Waals surface area contributed by atoms with Crippen LogP contribution >= 0.6 is 0 Å². The van der Waals surface area contributed by atoms with Gasteiger partial charge in [-0.15, -0.1) is 0 Å². The van der Waals surface area contributed by atoms with Crippen LogP contribution in [-0.4, -0.2) is 11.7 Å². The van der Waals surface area contributed by atoms with E-state index in [4.69, 9.17) is 5.26 Å². The molecule has 0 fully saturated rings. The predicted molar refractivity (Wildman–Crippen MR) is 82.4 cm³/mol. The van der Waals surface area contributed by atoms with Crippen molar-refractivity contribution >= 4 is 17.4 Å². The highest BCUT2D eigenvalue weighted by Gasteiger charge is 2.26. The number of rotatable bonds is 2. The Kier molecular flexibility index (Phi) is 3.71. The number of fused-ring (bicyclic) bond motifs is 1. The maximum absolute atomic E-state index is 12.4. The Bertz CT molecular complexity index is 772. The van der Waals surface area contributed by atoms with Gasteiger partial charge in [0.05, 0.1) is 23.9 Å². The zero-order valence-corrected chi connectivity index (χ0v) is 12.0. The smallest absolute Gasteiger partial charge is 0.227 e. The molecule has 1 heterocycles. The minimum Gasteiger partial charge on any atom is -0.307 e. The number of hydrogen-bond acceptors (Lipinski definition) is 3. The largest absolute Gasteiger partial charge is 0.307 e. The lowest BCUT2D eigenvalue weighted by atomic mass is 10.1. The Hall–Kier alpha value is -2.93. The topological polar surface area (TPSA) is 61.2 Å². The summed E-state index contributed by atoms with van der Waals surface area (Å²) in [6, 6.07) is 16.4. The average molecular weight is 290 g/mol. The van der Waals surface area contributed by atoms with Crippen LogP contribution in [0.5, 0.6) is 0 Å². The molecule has 0 bridgehead atoms. The van der Waals surface area contributed by atoms with Crippen molar-refractivity contribution in [1.29, 1.82) is 5.26 Å². The second kappa shape index (κ2) is 5.82. The molecular formula is C18H14N2O2. The van der Waals surface area contributed by atoms with Crippen LogP contribution in [0, 0.1) is 11.3 Å². The zero-order chi connectivity index (χ0) is 15.5. The summed E-state index contributed by atoms with van der Waals surface area (Å²) >= 11 is 0. The molecule has 0 aliphatic carbocycles. The number of carbonyl (C=O) groups is 2. The molecular weight excluding hydrogens is 276 g/mol. The van der Waals surface area contributed by atoms with Gasteiger partial charge in [-0.25, -0.2) is 0 Å². The van der Waals surface area contributed by atoms with Gasteiger partial charge in [-0.1, -0.05) is 24.3 Å². The van der Waals surface area contributed by atoms with Gasteiger partial charge in [-0.2, -0.15) is 5.26 Å². The lowest BCUT2D eigenvalue weighted by molar-refractivity contribution is -0.118. The summed E-state index contributed by atoms with van der Waals surface area (Å²) in [6.45, 7) is 0.398. The van der Waals surface area contributed by atoms with Crippen molar-refractivity contribution < 1.29 is 9.59 Å². The van der Waals surface area contributed by atoms with Gasteiger partial charge in [0.2, 0.25) is 5.91 Å². The van der Waals surface area contributed by atoms with Gasteiger partial charge in [-0.05, 0) is 29.8 Å². The summed E-state index contributed by atoms with van der Waals surface area (Å²) in [6.07, 6.45) is 0.476. The first-order valence-electron chi connectivity index (χ1n) is 7.10. The quantitative estimate of drug-likeness (QED) is 0.854. The highest BCUT2D eigenvalue weighted by atomic mass is 16.2. The fraction of sp³-hybridized carbons (Fsp3) is 0.167. The molecule has 0 radical (unpaired) electrons. The van der Waals surface area contributed by atoms with E-state index in [0.717, 1.165) is 5.56 Å². The van der Waals surface area contributed by atoms with Gasteiger partial charge in [0.25, 0.3) is 0 Å². The standard InChI is InChI=1S/C18H14N2O2/c19-11-13-5-7-14(8-6-13)12-20-16-4-2-1-3-15(16)17(21)9-10-18(20)22/h1-8H,9-10,12H2. The van der Waals surface area contributed by atoms with Crippen molar-refractivity contribution in [2.45, 2.75) is 19.4 Å². The van der Waals surface area contributed by atoms with Crippen LogP contribution in [0.4, 0.5) is 5.69 Å². The summed E-state index contributed by atoms with van der Waals surface area (Å²) in [5.41, 5.74) is 2.78. The Labute approximate surface area is 128 Å². The number of nitrogens with zero attached hydrogens (tertiary/aromatic N) is 2.